The van der Waals surface area contributed by atoms with Crippen molar-refractivity contribution in [3.05, 3.63) is 89.5 Å². The molecule has 2 N–H and O–H groups in total. The van der Waals surface area contributed by atoms with Crippen molar-refractivity contribution in [3.8, 4) is 16.9 Å². The third kappa shape index (κ3) is 5.61. The summed E-state index contributed by atoms with van der Waals surface area (Å²) in [5.74, 6) is -1.22. The topological polar surface area (TPSA) is 84.9 Å². The highest BCUT2D eigenvalue weighted by molar-refractivity contribution is 5.90. The number of methoxy groups -OCH3 is 1. The van der Waals surface area contributed by atoms with Crippen molar-refractivity contribution in [2.75, 3.05) is 13.7 Å². The van der Waals surface area contributed by atoms with Gasteiger partial charge in [-0.15, -0.1) is 0 Å². The number of carbonyl (C=O) groups is 2. The van der Waals surface area contributed by atoms with Crippen LogP contribution < -0.4 is 10.1 Å². The third-order valence-corrected chi connectivity index (χ3v) is 6.48. The number of rotatable bonds is 8. The Morgan fingerprint density at radius 2 is 1.73 bits per heavy atom. The standard InChI is InChI=1S/C28H26F3NO5/c1-36-24-6-3-2-5-22(24)19-9-7-18(8-10-19)17-23(25(33)34)32-26(35)27(15-4-16-37-27)20-11-13-21(14-12-20)28(29,30)31/h2-3,5-14,23H,4,15-17H2,1H3,(H,32,35)(H,33,34)/t23-,27-/m0/s1. The van der Waals surface area contributed by atoms with Crippen LogP contribution in [-0.2, 0) is 32.5 Å². The summed E-state index contributed by atoms with van der Waals surface area (Å²) in [6.45, 7) is 0.233. The summed E-state index contributed by atoms with van der Waals surface area (Å²) in [4.78, 5) is 25.4. The van der Waals surface area contributed by atoms with Gasteiger partial charge in [-0.05, 0) is 47.7 Å². The highest BCUT2D eigenvalue weighted by atomic mass is 19.4. The van der Waals surface area contributed by atoms with Gasteiger partial charge in [0.25, 0.3) is 5.91 Å². The van der Waals surface area contributed by atoms with Crippen LogP contribution in [0.1, 0.15) is 29.5 Å². The lowest BCUT2D eigenvalue weighted by Gasteiger charge is -2.29. The highest BCUT2D eigenvalue weighted by Gasteiger charge is 2.46. The molecule has 1 aliphatic heterocycles. The Hall–Kier alpha value is -3.85. The number of aliphatic carboxylic acids is 1. The van der Waals surface area contributed by atoms with Gasteiger partial charge in [0.1, 0.15) is 11.8 Å². The zero-order chi connectivity index (χ0) is 26.6. The van der Waals surface area contributed by atoms with Gasteiger partial charge in [-0.3, -0.25) is 4.79 Å². The fourth-order valence-electron chi connectivity index (χ4n) is 4.52. The minimum atomic E-state index is -4.51. The molecule has 0 saturated carbocycles. The minimum absolute atomic E-state index is 0.0103. The predicted molar refractivity (Wildman–Crippen MR) is 130 cm³/mol. The largest absolute Gasteiger partial charge is 0.496 e. The van der Waals surface area contributed by atoms with Gasteiger partial charge in [0, 0.05) is 18.6 Å². The minimum Gasteiger partial charge on any atom is -0.496 e. The van der Waals surface area contributed by atoms with E-state index in [9.17, 15) is 27.9 Å². The lowest BCUT2D eigenvalue weighted by atomic mass is 9.88. The molecule has 1 amide bonds. The number of carbonyl (C=O) groups excluding carboxylic acids is 1. The second kappa shape index (κ2) is 10.6. The lowest BCUT2D eigenvalue weighted by Crippen LogP contribution is -2.51. The van der Waals surface area contributed by atoms with Gasteiger partial charge in [-0.25, -0.2) is 4.79 Å². The van der Waals surface area contributed by atoms with Crippen molar-refractivity contribution >= 4 is 11.9 Å². The number of hydrogen-bond acceptors (Lipinski definition) is 4. The molecule has 0 radical (unpaired) electrons. The van der Waals surface area contributed by atoms with Gasteiger partial charge in [0.2, 0.25) is 0 Å². The molecule has 0 aliphatic carbocycles. The average Bonchev–Trinajstić information content (AvgIpc) is 3.40. The molecule has 1 saturated heterocycles. The maximum absolute atomic E-state index is 13.3. The number of carboxylic acid groups (broad SMARTS) is 1. The summed E-state index contributed by atoms with van der Waals surface area (Å²) in [6.07, 6.45) is -3.77. The number of hydrogen-bond donors (Lipinski definition) is 2. The van der Waals surface area contributed by atoms with E-state index in [-0.39, 0.29) is 25.0 Å². The zero-order valence-corrected chi connectivity index (χ0v) is 20.0. The SMILES string of the molecule is COc1ccccc1-c1ccc(C[C@H](NC(=O)[C@@]2(c3ccc(C(F)(F)F)cc3)CCCO2)C(=O)O)cc1. The van der Waals surface area contributed by atoms with Crippen LogP contribution in [0.2, 0.25) is 0 Å². The monoisotopic (exact) mass is 513 g/mol. The molecular formula is C28H26F3NO5. The number of carboxylic acids is 1. The molecule has 37 heavy (non-hydrogen) atoms. The van der Waals surface area contributed by atoms with Crippen LogP contribution >= 0.6 is 0 Å². The van der Waals surface area contributed by atoms with E-state index in [0.717, 1.165) is 23.3 Å². The van der Waals surface area contributed by atoms with Crippen LogP contribution in [0.5, 0.6) is 5.75 Å². The van der Waals surface area contributed by atoms with E-state index in [1.165, 1.54) is 12.1 Å². The molecule has 0 spiro atoms. The van der Waals surface area contributed by atoms with E-state index < -0.39 is 35.3 Å². The number of halogens is 3. The number of amides is 1. The first-order valence-corrected chi connectivity index (χ1v) is 11.7. The van der Waals surface area contributed by atoms with E-state index >= 15 is 0 Å². The van der Waals surface area contributed by atoms with Crippen LogP contribution in [0, 0.1) is 0 Å². The second-order valence-electron chi connectivity index (χ2n) is 8.82. The number of alkyl halides is 3. The molecule has 6 nitrogen and oxygen atoms in total. The van der Waals surface area contributed by atoms with Crippen LogP contribution in [0.15, 0.2) is 72.8 Å². The summed E-state index contributed by atoms with van der Waals surface area (Å²) >= 11 is 0. The fourth-order valence-corrected chi connectivity index (χ4v) is 4.52. The molecule has 1 heterocycles. The first kappa shape index (κ1) is 26.2. The molecule has 9 heteroatoms. The second-order valence-corrected chi connectivity index (χ2v) is 8.82. The fraction of sp³-hybridized carbons (Fsp3) is 0.286. The Bertz CT molecular complexity index is 1250. The number of nitrogens with one attached hydrogen (secondary N) is 1. The third-order valence-electron chi connectivity index (χ3n) is 6.48. The first-order chi connectivity index (χ1) is 17.6. The Morgan fingerprint density at radius 3 is 2.30 bits per heavy atom. The Kier molecular flexibility index (Phi) is 7.54. The Balaban J connectivity index is 1.52. The highest BCUT2D eigenvalue weighted by Crippen LogP contribution is 2.38. The van der Waals surface area contributed by atoms with Crippen LogP contribution in [0.3, 0.4) is 0 Å². The quantitative estimate of drug-likeness (QED) is 0.433. The van der Waals surface area contributed by atoms with Gasteiger partial charge in [0.15, 0.2) is 5.60 Å². The Morgan fingerprint density at radius 1 is 1.05 bits per heavy atom. The molecule has 3 aromatic carbocycles. The number of benzene rings is 3. The summed E-state index contributed by atoms with van der Waals surface area (Å²) in [5.41, 5.74) is 0.313. The lowest BCUT2D eigenvalue weighted by molar-refractivity contribution is -0.149. The number of ether oxygens (including phenoxy) is 2. The van der Waals surface area contributed by atoms with Gasteiger partial charge < -0.3 is 19.9 Å². The first-order valence-electron chi connectivity index (χ1n) is 11.7. The molecule has 1 fully saturated rings. The van der Waals surface area contributed by atoms with Crippen LogP contribution in [-0.4, -0.2) is 36.7 Å². The van der Waals surface area contributed by atoms with Gasteiger partial charge in [-0.1, -0.05) is 54.6 Å². The predicted octanol–water partition coefficient (Wildman–Crippen LogP) is 5.20. The molecule has 2 atom stereocenters. The summed E-state index contributed by atoms with van der Waals surface area (Å²) < 4.78 is 50.1. The molecule has 194 valence electrons. The van der Waals surface area contributed by atoms with E-state index in [1.54, 1.807) is 19.2 Å². The molecular weight excluding hydrogens is 487 g/mol. The molecule has 3 aromatic rings. The van der Waals surface area contributed by atoms with Crippen LogP contribution in [0.25, 0.3) is 11.1 Å². The smallest absolute Gasteiger partial charge is 0.416 e. The van der Waals surface area contributed by atoms with Gasteiger partial charge in [0.05, 0.1) is 12.7 Å². The van der Waals surface area contributed by atoms with E-state index in [0.29, 0.717) is 17.7 Å². The number of para-hydroxylation sites is 1. The average molecular weight is 514 g/mol. The van der Waals surface area contributed by atoms with E-state index in [1.807, 2.05) is 36.4 Å². The normalized spacial score (nSPS) is 18.3. The van der Waals surface area contributed by atoms with Crippen molar-refractivity contribution in [2.45, 2.75) is 37.1 Å². The molecule has 1 aliphatic rings. The van der Waals surface area contributed by atoms with E-state index in [4.69, 9.17) is 9.47 Å². The summed E-state index contributed by atoms with van der Waals surface area (Å²) in [6, 6.07) is 17.7. The van der Waals surface area contributed by atoms with Crippen molar-refractivity contribution in [1.82, 2.24) is 5.32 Å². The van der Waals surface area contributed by atoms with E-state index in [2.05, 4.69) is 5.32 Å². The maximum Gasteiger partial charge on any atom is 0.416 e. The molecule has 0 bridgehead atoms. The van der Waals surface area contributed by atoms with Gasteiger partial charge >= 0.3 is 12.1 Å². The Labute approximate surface area is 212 Å². The van der Waals surface area contributed by atoms with Gasteiger partial charge in [-0.2, -0.15) is 13.2 Å². The molecule has 0 aromatic heterocycles. The zero-order valence-electron chi connectivity index (χ0n) is 20.0. The van der Waals surface area contributed by atoms with Crippen molar-refractivity contribution in [2.24, 2.45) is 0 Å². The maximum atomic E-state index is 13.3. The van der Waals surface area contributed by atoms with Crippen molar-refractivity contribution in [1.29, 1.82) is 0 Å². The van der Waals surface area contributed by atoms with Crippen molar-refractivity contribution < 1.29 is 37.3 Å². The molecule has 0 unspecified atom stereocenters. The summed E-state index contributed by atoms with van der Waals surface area (Å²) in [5, 5.41) is 12.4. The molecule has 4 rings (SSSR count). The van der Waals surface area contributed by atoms with Crippen molar-refractivity contribution in [3.63, 3.8) is 0 Å². The van der Waals surface area contributed by atoms with Crippen LogP contribution in [0.4, 0.5) is 13.2 Å². The summed E-state index contributed by atoms with van der Waals surface area (Å²) in [7, 11) is 1.58.